The Balaban J connectivity index is 1.45. The lowest BCUT2D eigenvalue weighted by molar-refractivity contribution is -0.118. The fourth-order valence-corrected chi connectivity index (χ4v) is 3.22. The average molecular weight is 363 g/mol. The number of anilines is 1. The summed E-state index contributed by atoms with van der Waals surface area (Å²) >= 11 is 0. The standard InChI is InChI=1S/C22H25N3O2/c23-15-18-7-11-21(12-8-18)27-17-22(26)24-20-9-5-19(6-10-20)16-25-13-3-1-2-4-14-25/h5-12H,1-4,13-14,16-17H2,(H,24,26). The lowest BCUT2D eigenvalue weighted by Crippen LogP contribution is -2.24. The maximum atomic E-state index is 12.1. The molecule has 140 valence electrons. The zero-order valence-corrected chi connectivity index (χ0v) is 15.5. The summed E-state index contributed by atoms with van der Waals surface area (Å²) in [5.41, 5.74) is 2.60. The van der Waals surface area contributed by atoms with E-state index >= 15 is 0 Å². The van der Waals surface area contributed by atoms with Gasteiger partial charge < -0.3 is 10.1 Å². The number of amides is 1. The zero-order valence-electron chi connectivity index (χ0n) is 15.5. The SMILES string of the molecule is N#Cc1ccc(OCC(=O)Nc2ccc(CN3CCCCCC3)cc2)cc1. The van der Waals surface area contributed by atoms with Gasteiger partial charge in [0.15, 0.2) is 6.61 Å². The van der Waals surface area contributed by atoms with Gasteiger partial charge >= 0.3 is 0 Å². The normalized spacial score (nSPS) is 14.8. The fourth-order valence-electron chi connectivity index (χ4n) is 3.22. The first-order valence-corrected chi connectivity index (χ1v) is 9.47. The lowest BCUT2D eigenvalue weighted by atomic mass is 10.2. The molecular weight excluding hydrogens is 338 g/mol. The van der Waals surface area contributed by atoms with Crippen LogP contribution in [0.3, 0.4) is 0 Å². The highest BCUT2D eigenvalue weighted by atomic mass is 16.5. The summed E-state index contributed by atoms with van der Waals surface area (Å²) in [5, 5.41) is 11.6. The Morgan fingerprint density at radius 3 is 2.30 bits per heavy atom. The van der Waals surface area contributed by atoms with Gasteiger partial charge in [-0.15, -0.1) is 0 Å². The molecule has 27 heavy (non-hydrogen) atoms. The van der Waals surface area contributed by atoms with Gasteiger partial charge in [0.05, 0.1) is 11.6 Å². The number of nitrogens with zero attached hydrogens (tertiary/aromatic N) is 2. The van der Waals surface area contributed by atoms with Crippen molar-refractivity contribution in [1.82, 2.24) is 4.90 Å². The van der Waals surface area contributed by atoms with Crippen molar-refractivity contribution >= 4 is 11.6 Å². The Hall–Kier alpha value is -2.84. The average Bonchev–Trinajstić information content (AvgIpc) is 2.97. The lowest BCUT2D eigenvalue weighted by Gasteiger charge is -2.19. The number of carbonyl (C=O) groups excluding carboxylic acids is 1. The molecule has 1 fully saturated rings. The number of likely N-dealkylation sites (tertiary alicyclic amines) is 1. The number of nitrogens with one attached hydrogen (secondary N) is 1. The molecular formula is C22H25N3O2. The van der Waals surface area contributed by atoms with Crippen LogP contribution in [0.15, 0.2) is 48.5 Å². The summed E-state index contributed by atoms with van der Waals surface area (Å²) in [6.45, 7) is 3.24. The molecule has 5 nitrogen and oxygen atoms in total. The van der Waals surface area contributed by atoms with Gasteiger partial charge in [0.1, 0.15) is 5.75 Å². The number of rotatable bonds is 6. The van der Waals surface area contributed by atoms with Gasteiger partial charge in [0, 0.05) is 12.2 Å². The highest BCUT2D eigenvalue weighted by Crippen LogP contribution is 2.16. The third kappa shape index (κ3) is 6.12. The fraction of sp³-hybridized carbons (Fsp3) is 0.364. The summed E-state index contributed by atoms with van der Waals surface area (Å²) in [5.74, 6) is 0.358. The number of carbonyl (C=O) groups is 1. The van der Waals surface area contributed by atoms with Gasteiger partial charge in [-0.2, -0.15) is 5.26 Å². The summed E-state index contributed by atoms with van der Waals surface area (Å²) in [4.78, 5) is 14.6. The molecule has 1 aliphatic heterocycles. The van der Waals surface area contributed by atoms with Crippen molar-refractivity contribution in [3.05, 3.63) is 59.7 Å². The van der Waals surface area contributed by atoms with E-state index in [1.54, 1.807) is 24.3 Å². The molecule has 0 bridgehead atoms. The van der Waals surface area contributed by atoms with E-state index in [4.69, 9.17) is 10.00 Å². The van der Waals surface area contributed by atoms with Crippen LogP contribution in [-0.2, 0) is 11.3 Å². The summed E-state index contributed by atoms with van der Waals surface area (Å²) in [6.07, 6.45) is 5.25. The van der Waals surface area contributed by atoms with E-state index in [-0.39, 0.29) is 12.5 Å². The van der Waals surface area contributed by atoms with Crippen molar-refractivity contribution in [3.63, 3.8) is 0 Å². The summed E-state index contributed by atoms with van der Waals surface area (Å²) < 4.78 is 5.45. The van der Waals surface area contributed by atoms with Crippen molar-refractivity contribution in [2.75, 3.05) is 25.0 Å². The summed E-state index contributed by atoms with van der Waals surface area (Å²) in [6, 6.07) is 16.8. The van der Waals surface area contributed by atoms with E-state index < -0.39 is 0 Å². The number of benzene rings is 2. The number of ether oxygens (including phenoxy) is 1. The molecule has 0 atom stereocenters. The minimum Gasteiger partial charge on any atom is -0.484 e. The highest BCUT2D eigenvalue weighted by molar-refractivity contribution is 5.91. The van der Waals surface area contributed by atoms with E-state index in [9.17, 15) is 4.79 Å². The minimum atomic E-state index is -0.209. The highest BCUT2D eigenvalue weighted by Gasteiger charge is 2.10. The molecule has 2 aromatic carbocycles. The molecule has 1 saturated heterocycles. The van der Waals surface area contributed by atoms with Crippen molar-refractivity contribution in [2.24, 2.45) is 0 Å². The molecule has 0 aromatic heterocycles. The van der Waals surface area contributed by atoms with Crippen LogP contribution in [0.2, 0.25) is 0 Å². The third-order valence-corrected chi connectivity index (χ3v) is 4.70. The van der Waals surface area contributed by atoms with Crippen molar-refractivity contribution in [2.45, 2.75) is 32.2 Å². The molecule has 0 unspecified atom stereocenters. The van der Waals surface area contributed by atoms with Crippen molar-refractivity contribution in [1.29, 1.82) is 5.26 Å². The van der Waals surface area contributed by atoms with Crippen LogP contribution in [0.25, 0.3) is 0 Å². The van der Waals surface area contributed by atoms with Crippen LogP contribution in [0.1, 0.15) is 36.8 Å². The van der Waals surface area contributed by atoms with Gasteiger partial charge in [-0.25, -0.2) is 0 Å². The Bertz CT molecular complexity index is 771. The van der Waals surface area contributed by atoms with Gasteiger partial charge in [-0.1, -0.05) is 25.0 Å². The van der Waals surface area contributed by atoms with E-state index in [2.05, 4.69) is 22.3 Å². The monoisotopic (exact) mass is 363 g/mol. The van der Waals surface area contributed by atoms with Gasteiger partial charge in [-0.3, -0.25) is 9.69 Å². The quantitative estimate of drug-likeness (QED) is 0.844. The molecule has 5 heteroatoms. The largest absolute Gasteiger partial charge is 0.484 e. The van der Waals surface area contributed by atoms with Crippen LogP contribution in [0.4, 0.5) is 5.69 Å². The van der Waals surface area contributed by atoms with Crippen molar-refractivity contribution in [3.8, 4) is 11.8 Å². The predicted octanol–water partition coefficient (Wildman–Crippen LogP) is 3.95. The van der Waals surface area contributed by atoms with Gasteiger partial charge in [0.25, 0.3) is 5.91 Å². The van der Waals surface area contributed by atoms with Crippen LogP contribution in [0.5, 0.6) is 5.75 Å². The first-order chi connectivity index (χ1) is 13.2. The van der Waals surface area contributed by atoms with Crippen LogP contribution in [0, 0.1) is 11.3 Å². The molecule has 0 aliphatic carbocycles. The molecule has 1 N–H and O–H groups in total. The Labute approximate surface area is 160 Å². The molecule has 1 amide bonds. The predicted molar refractivity (Wildman–Crippen MR) is 105 cm³/mol. The molecule has 3 rings (SSSR count). The van der Waals surface area contributed by atoms with Gasteiger partial charge in [-0.05, 0) is 67.9 Å². The molecule has 2 aromatic rings. The topological polar surface area (TPSA) is 65.4 Å². The molecule has 1 heterocycles. The number of hydrogen-bond donors (Lipinski definition) is 1. The van der Waals surface area contributed by atoms with E-state index in [1.807, 2.05) is 18.2 Å². The maximum Gasteiger partial charge on any atom is 0.262 e. The molecule has 0 saturated carbocycles. The molecule has 0 spiro atoms. The Morgan fingerprint density at radius 1 is 1.00 bits per heavy atom. The Morgan fingerprint density at radius 2 is 1.67 bits per heavy atom. The minimum absolute atomic E-state index is 0.0680. The zero-order chi connectivity index (χ0) is 18.9. The summed E-state index contributed by atoms with van der Waals surface area (Å²) in [7, 11) is 0. The van der Waals surface area contributed by atoms with Crippen LogP contribution >= 0.6 is 0 Å². The smallest absolute Gasteiger partial charge is 0.262 e. The van der Waals surface area contributed by atoms with E-state index in [1.165, 1.54) is 44.3 Å². The second kappa shape index (κ2) is 9.75. The third-order valence-electron chi connectivity index (χ3n) is 4.70. The molecule has 0 radical (unpaired) electrons. The van der Waals surface area contributed by atoms with E-state index in [0.717, 1.165) is 12.2 Å². The van der Waals surface area contributed by atoms with E-state index in [0.29, 0.717) is 11.3 Å². The second-order valence-corrected chi connectivity index (χ2v) is 6.86. The first-order valence-electron chi connectivity index (χ1n) is 9.47. The van der Waals surface area contributed by atoms with Crippen molar-refractivity contribution < 1.29 is 9.53 Å². The number of nitriles is 1. The first kappa shape index (κ1) is 18.9. The maximum absolute atomic E-state index is 12.1. The second-order valence-electron chi connectivity index (χ2n) is 6.86. The Kier molecular flexibility index (Phi) is 6.84. The number of hydrogen-bond acceptors (Lipinski definition) is 4. The van der Waals surface area contributed by atoms with Gasteiger partial charge in [0.2, 0.25) is 0 Å². The van der Waals surface area contributed by atoms with Crippen LogP contribution < -0.4 is 10.1 Å². The van der Waals surface area contributed by atoms with Crippen LogP contribution in [-0.4, -0.2) is 30.5 Å². The molecule has 1 aliphatic rings.